The number of benzene rings is 1. The minimum absolute atomic E-state index is 0.0953. The van der Waals surface area contributed by atoms with E-state index in [-0.39, 0.29) is 25.6 Å². The molecule has 1 fully saturated rings. The fraction of sp³-hybridized carbons (Fsp3) is 0.364. The van der Waals surface area contributed by atoms with Crippen molar-refractivity contribution < 1.29 is 18.7 Å². The van der Waals surface area contributed by atoms with E-state index in [1.54, 1.807) is 12.1 Å². The van der Waals surface area contributed by atoms with Crippen LogP contribution in [0.15, 0.2) is 24.3 Å². The molecule has 1 saturated heterocycles. The third-order valence-electron chi connectivity index (χ3n) is 2.41. The lowest BCUT2D eigenvalue weighted by Gasteiger charge is -2.34. The first-order chi connectivity index (χ1) is 7.60. The van der Waals surface area contributed by atoms with Gasteiger partial charge in [-0.2, -0.15) is 0 Å². The summed E-state index contributed by atoms with van der Waals surface area (Å²) in [6, 6.07) is 5.74. The van der Waals surface area contributed by atoms with Crippen LogP contribution in [0, 0.1) is 5.82 Å². The van der Waals surface area contributed by atoms with Crippen LogP contribution in [0.1, 0.15) is 5.56 Å². The second-order valence-electron chi connectivity index (χ2n) is 3.85. The molecule has 1 aliphatic rings. The van der Waals surface area contributed by atoms with Gasteiger partial charge in [-0.3, -0.25) is 0 Å². The second-order valence-corrected chi connectivity index (χ2v) is 3.85. The summed E-state index contributed by atoms with van der Waals surface area (Å²) in [6.45, 7) is 0.475. The van der Waals surface area contributed by atoms with E-state index in [2.05, 4.69) is 0 Å². The van der Waals surface area contributed by atoms with Gasteiger partial charge in [0.2, 0.25) is 0 Å². The first kappa shape index (κ1) is 11.0. The average molecular weight is 225 g/mol. The van der Waals surface area contributed by atoms with Crippen molar-refractivity contribution >= 4 is 5.97 Å². The van der Waals surface area contributed by atoms with Crippen molar-refractivity contribution in [2.75, 3.05) is 13.2 Å². The lowest BCUT2D eigenvalue weighted by atomic mass is 10.00. The summed E-state index contributed by atoms with van der Waals surface area (Å²) in [6.07, 6.45) is 0. The van der Waals surface area contributed by atoms with Gasteiger partial charge in [0.05, 0.1) is 13.2 Å². The Kier molecular flexibility index (Phi) is 2.89. The molecule has 2 rings (SSSR count). The van der Waals surface area contributed by atoms with Gasteiger partial charge < -0.3 is 15.2 Å². The molecular weight excluding hydrogens is 213 g/mol. The fourth-order valence-electron chi connectivity index (χ4n) is 1.31. The van der Waals surface area contributed by atoms with Crippen LogP contribution in [-0.4, -0.2) is 24.7 Å². The van der Waals surface area contributed by atoms with Crippen LogP contribution in [0.5, 0.6) is 0 Å². The summed E-state index contributed by atoms with van der Waals surface area (Å²) in [5.74, 6) is -0.805. The molecule has 1 aliphatic heterocycles. The zero-order chi connectivity index (χ0) is 11.6. The third kappa shape index (κ3) is 2.20. The molecule has 0 aliphatic carbocycles. The average Bonchev–Trinajstić information content (AvgIpc) is 2.24. The molecule has 1 aromatic rings. The van der Waals surface area contributed by atoms with Gasteiger partial charge in [-0.25, -0.2) is 9.18 Å². The largest absolute Gasteiger partial charge is 0.459 e. The molecule has 0 radical (unpaired) electrons. The Bertz CT molecular complexity index is 387. The van der Waals surface area contributed by atoms with E-state index in [9.17, 15) is 9.18 Å². The molecule has 2 N–H and O–H groups in total. The van der Waals surface area contributed by atoms with Crippen molar-refractivity contribution in [2.24, 2.45) is 5.73 Å². The maximum Gasteiger partial charge on any atom is 0.331 e. The highest BCUT2D eigenvalue weighted by atomic mass is 19.1. The summed E-state index contributed by atoms with van der Waals surface area (Å²) in [4.78, 5) is 11.5. The van der Waals surface area contributed by atoms with Crippen LogP contribution in [0.25, 0.3) is 0 Å². The van der Waals surface area contributed by atoms with Crippen LogP contribution in [0.4, 0.5) is 4.39 Å². The van der Waals surface area contributed by atoms with Gasteiger partial charge in [0.15, 0.2) is 5.54 Å². The van der Waals surface area contributed by atoms with E-state index >= 15 is 0 Å². The molecule has 0 atom stereocenters. The molecule has 0 spiro atoms. The number of hydrogen-bond donors (Lipinski definition) is 1. The standard InChI is InChI=1S/C11H12FNO3/c12-9-3-1-8(2-4-9)5-16-10(14)11(13)6-15-7-11/h1-4H,5-7,13H2. The first-order valence-electron chi connectivity index (χ1n) is 4.88. The highest BCUT2D eigenvalue weighted by Crippen LogP contribution is 2.16. The molecule has 16 heavy (non-hydrogen) atoms. The zero-order valence-electron chi connectivity index (χ0n) is 8.61. The molecule has 0 unspecified atom stereocenters. The van der Waals surface area contributed by atoms with Gasteiger partial charge in [0.25, 0.3) is 0 Å². The van der Waals surface area contributed by atoms with Gasteiger partial charge in [-0.1, -0.05) is 12.1 Å². The van der Waals surface area contributed by atoms with Crippen LogP contribution >= 0.6 is 0 Å². The Morgan fingerprint density at radius 1 is 1.44 bits per heavy atom. The van der Waals surface area contributed by atoms with Crippen molar-refractivity contribution in [1.29, 1.82) is 0 Å². The van der Waals surface area contributed by atoms with Crippen molar-refractivity contribution in [2.45, 2.75) is 12.1 Å². The van der Waals surface area contributed by atoms with Gasteiger partial charge >= 0.3 is 5.97 Å². The van der Waals surface area contributed by atoms with Gasteiger partial charge in [-0.05, 0) is 17.7 Å². The number of esters is 1. The highest BCUT2D eigenvalue weighted by Gasteiger charge is 2.43. The summed E-state index contributed by atoms with van der Waals surface area (Å²) < 4.78 is 22.5. The maximum atomic E-state index is 12.6. The van der Waals surface area contributed by atoms with Crippen LogP contribution < -0.4 is 5.73 Å². The fourth-order valence-corrected chi connectivity index (χ4v) is 1.31. The van der Waals surface area contributed by atoms with Gasteiger partial charge in [0.1, 0.15) is 12.4 Å². The number of carbonyl (C=O) groups excluding carboxylic acids is 1. The number of rotatable bonds is 3. The monoisotopic (exact) mass is 225 g/mol. The Balaban J connectivity index is 1.87. The minimum atomic E-state index is -1.000. The zero-order valence-corrected chi connectivity index (χ0v) is 8.61. The minimum Gasteiger partial charge on any atom is -0.459 e. The molecule has 4 nitrogen and oxygen atoms in total. The van der Waals surface area contributed by atoms with E-state index < -0.39 is 11.5 Å². The Morgan fingerprint density at radius 3 is 2.56 bits per heavy atom. The molecule has 0 bridgehead atoms. The van der Waals surface area contributed by atoms with E-state index in [0.29, 0.717) is 0 Å². The number of nitrogens with two attached hydrogens (primary N) is 1. The molecule has 5 heteroatoms. The molecular formula is C11H12FNO3. The molecule has 86 valence electrons. The third-order valence-corrected chi connectivity index (χ3v) is 2.41. The summed E-state index contributed by atoms with van der Waals surface area (Å²) in [5.41, 5.74) is 5.40. The predicted octanol–water partition coefficient (Wildman–Crippen LogP) is 0.597. The molecule has 0 aromatic heterocycles. The Morgan fingerprint density at radius 2 is 2.06 bits per heavy atom. The van der Waals surface area contributed by atoms with E-state index in [0.717, 1.165) is 5.56 Å². The number of carbonyl (C=O) groups is 1. The van der Waals surface area contributed by atoms with Crippen molar-refractivity contribution in [3.05, 3.63) is 35.6 Å². The van der Waals surface area contributed by atoms with Gasteiger partial charge in [0, 0.05) is 0 Å². The summed E-state index contributed by atoms with van der Waals surface area (Å²) in [7, 11) is 0. The SMILES string of the molecule is NC1(C(=O)OCc2ccc(F)cc2)COC1. The Hall–Kier alpha value is -1.46. The van der Waals surface area contributed by atoms with E-state index in [4.69, 9.17) is 15.2 Å². The molecule has 1 aromatic carbocycles. The van der Waals surface area contributed by atoms with Crippen molar-refractivity contribution in [3.63, 3.8) is 0 Å². The second kappa shape index (κ2) is 4.19. The van der Waals surface area contributed by atoms with Crippen LogP contribution in [0.3, 0.4) is 0 Å². The molecule has 0 saturated carbocycles. The number of halogens is 1. The summed E-state index contributed by atoms with van der Waals surface area (Å²) in [5, 5.41) is 0. The lowest BCUT2D eigenvalue weighted by Crippen LogP contribution is -2.63. The van der Waals surface area contributed by atoms with Crippen LogP contribution in [-0.2, 0) is 20.9 Å². The maximum absolute atomic E-state index is 12.6. The molecule has 0 amide bonds. The lowest BCUT2D eigenvalue weighted by molar-refractivity contribution is -0.169. The van der Waals surface area contributed by atoms with Crippen molar-refractivity contribution in [3.8, 4) is 0 Å². The number of ether oxygens (including phenoxy) is 2. The Labute approximate surface area is 92.1 Å². The normalized spacial score (nSPS) is 17.6. The van der Waals surface area contributed by atoms with Gasteiger partial charge in [-0.15, -0.1) is 0 Å². The van der Waals surface area contributed by atoms with E-state index in [1.165, 1.54) is 12.1 Å². The quantitative estimate of drug-likeness (QED) is 0.765. The van der Waals surface area contributed by atoms with Crippen LogP contribution in [0.2, 0.25) is 0 Å². The highest BCUT2D eigenvalue weighted by molar-refractivity contribution is 5.81. The molecule has 1 heterocycles. The smallest absolute Gasteiger partial charge is 0.331 e. The van der Waals surface area contributed by atoms with E-state index in [1.807, 2.05) is 0 Å². The topological polar surface area (TPSA) is 61.6 Å². The predicted molar refractivity (Wildman–Crippen MR) is 53.9 cm³/mol. The number of hydrogen-bond acceptors (Lipinski definition) is 4. The van der Waals surface area contributed by atoms with Crippen molar-refractivity contribution in [1.82, 2.24) is 0 Å². The first-order valence-corrected chi connectivity index (χ1v) is 4.88. The summed E-state index contributed by atoms with van der Waals surface area (Å²) >= 11 is 0.